The van der Waals surface area contributed by atoms with Gasteiger partial charge in [0.2, 0.25) is 0 Å². The molecule has 0 aromatic carbocycles. The second-order valence-corrected chi connectivity index (χ2v) is 13.6. The maximum atomic E-state index is 14.5. The minimum Gasteiger partial charge on any atom is -0.464 e. The van der Waals surface area contributed by atoms with Gasteiger partial charge in [0.25, 0.3) is 0 Å². The number of carbonyl (C=O) groups excluding carboxylic acids is 4. The molecule has 6 nitrogen and oxygen atoms in total. The van der Waals surface area contributed by atoms with E-state index in [1.54, 1.807) is 0 Å². The van der Waals surface area contributed by atoms with Gasteiger partial charge in [0.15, 0.2) is 11.2 Å². The molecule has 0 bridgehead atoms. The first-order chi connectivity index (χ1) is 16.6. The Bertz CT molecular complexity index is 975. The van der Waals surface area contributed by atoms with Crippen molar-refractivity contribution in [1.82, 2.24) is 0 Å². The molecule has 4 saturated carbocycles. The number of halogens is 1. The van der Waals surface area contributed by atoms with E-state index in [0.29, 0.717) is 24.7 Å². The van der Waals surface area contributed by atoms with E-state index < -0.39 is 29.9 Å². The summed E-state index contributed by atoms with van der Waals surface area (Å²) in [5.74, 6) is -0.908. The van der Waals surface area contributed by atoms with E-state index >= 15 is 0 Å². The third-order valence-electron chi connectivity index (χ3n) is 11.9. The average Bonchev–Trinajstić information content (AvgIpc) is 2.76. The van der Waals surface area contributed by atoms with Crippen LogP contribution in [0.1, 0.15) is 99.8 Å². The molecule has 0 aromatic heterocycles. The molecule has 8 atom stereocenters. The zero-order valence-electron chi connectivity index (χ0n) is 23.0. The highest BCUT2D eigenvalue weighted by atomic mass is 19.1. The van der Waals surface area contributed by atoms with Crippen LogP contribution in [0.4, 0.5) is 4.39 Å². The molecule has 3 unspecified atom stereocenters. The maximum absolute atomic E-state index is 14.5. The van der Waals surface area contributed by atoms with Gasteiger partial charge in [0, 0.05) is 25.2 Å². The summed E-state index contributed by atoms with van der Waals surface area (Å²) in [6.07, 6.45) is 5.69. The zero-order valence-corrected chi connectivity index (χ0v) is 23.0. The van der Waals surface area contributed by atoms with E-state index in [9.17, 15) is 23.6 Å². The second-order valence-electron chi connectivity index (χ2n) is 13.6. The van der Waals surface area contributed by atoms with E-state index in [1.165, 1.54) is 13.8 Å². The predicted octanol–water partition coefficient (Wildman–Crippen LogP) is 5.60. The third-order valence-corrected chi connectivity index (χ3v) is 11.9. The van der Waals surface area contributed by atoms with Crippen molar-refractivity contribution >= 4 is 23.8 Å². The minimum atomic E-state index is -1.87. The van der Waals surface area contributed by atoms with E-state index in [2.05, 4.69) is 34.6 Å². The first kappa shape index (κ1) is 27.3. The third kappa shape index (κ3) is 3.61. The number of ketones is 1. The summed E-state index contributed by atoms with van der Waals surface area (Å²) in [6, 6.07) is -1.68. The van der Waals surface area contributed by atoms with Crippen molar-refractivity contribution in [3.05, 3.63) is 0 Å². The molecule has 4 fully saturated rings. The summed E-state index contributed by atoms with van der Waals surface area (Å²) in [5, 5.41) is 0. The van der Waals surface area contributed by atoms with Crippen molar-refractivity contribution in [2.75, 3.05) is 6.61 Å². The SMILES string of the molecule is CC(=O)OC[C@@]1(C(=O)F)CC[C@]2(C)C(CCC3[C@@]4(C)CC[C@H](OC(C)=O)C(C)(C)C4CC[C@]32C)C1=O. The Morgan fingerprint density at radius 3 is 2.08 bits per heavy atom. The largest absolute Gasteiger partial charge is 0.464 e. The summed E-state index contributed by atoms with van der Waals surface area (Å²) in [4.78, 5) is 49.3. The summed E-state index contributed by atoms with van der Waals surface area (Å²) < 4.78 is 25.3. The lowest BCUT2D eigenvalue weighted by Crippen LogP contribution is -2.67. The topological polar surface area (TPSA) is 86.7 Å². The second kappa shape index (κ2) is 8.62. The fourth-order valence-corrected chi connectivity index (χ4v) is 9.75. The lowest BCUT2D eigenvalue weighted by molar-refractivity contribution is -0.237. The summed E-state index contributed by atoms with van der Waals surface area (Å²) in [6.45, 7) is 13.5. The Morgan fingerprint density at radius 1 is 0.833 bits per heavy atom. The summed E-state index contributed by atoms with van der Waals surface area (Å²) in [7, 11) is 0. The smallest absolute Gasteiger partial charge is 0.318 e. The molecule has 36 heavy (non-hydrogen) atoms. The normalized spacial score (nSPS) is 45.5. The van der Waals surface area contributed by atoms with Crippen LogP contribution in [0.3, 0.4) is 0 Å². The number of ether oxygens (including phenoxy) is 2. The molecule has 0 amide bonds. The molecule has 4 aliphatic rings. The molecule has 0 saturated heterocycles. The Morgan fingerprint density at radius 2 is 1.50 bits per heavy atom. The fourth-order valence-electron chi connectivity index (χ4n) is 9.75. The molecule has 0 spiro atoms. The van der Waals surface area contributed by atoms with Crippen molar-refractivity contribution in [2.45, 2.75) is 106 Å². The highest BCUT2D eigenvalue weighted by molar-refractivity contribution is 6.06. The van der Waals surface area contributed by atoms with Crippen molar-refractivity contribution < 1.29 is 33.0 Å². The monoisotopic (exact) mass is 506 g/mol. The fraction of sp³-hybridized carbons (Fsp3) is 0.862. The number of Topliss-reactive ketones (excluding diaryl/α,β-unsaturated/α-hetero) is 1. The quantitative estimate of drug-likeness (QED) is 0.280. The Balaban J connectivity index is 1.67. The van der Waals surface area contributed by atoms with Crippen LogP contribution in [0.5, 0.6) is 0 Å². The van der Waals surface area contributed by atoms with E-state index in [4.69, 9.17) is 9.47 Å². The van der Waals surface area contributed by atoms with Crippen molar-refractivity contribution in [3.63, 3.8) is 0 Å². The van der Waals surface area contributed by atoms with Crippen molar-refractivity contribution in [1.29, 1.82) is 0 Å². The molecule has 202 valence electrons. The van der Waals surface area contributed by atoms with E-state index in [-0.39, 0.29) is 45.9 Å². The predicted molar refractivity (Wildman–Crippen MR) is 131 cm³/mol. The van der Waals surface area contributed by atoms with Crippen LogP contribution in [-0.2, 0) is 28.7 Å². The molecule has 4 aliphatic carbocycles. The van der Waals surface area contributed by atoms with Gasteiger partial charge in [-0.15, -0.1) is 0 Å². The first-order valence-electron chi connectivity index (χ1n) is 13.6. The first-order valence-corrected chi connectivity index (χ1v) is 13.6. The van der Waals surface area contributed by atoms with Gasteiger partial charge in [-0.3, -0.25) is 19.2 Å². The van der Waals surface area contributed by atoms with Gasteiger partial charge in [-0.25, -0.2) is 0 Å². The van der Waals surface area contributed by atoms with E-state index in [0.717, 1.165) is 32.1 Å². The van der Waals surface area contributed by atoms with Crippen LogP contribution in [0, 0.1) is 44.8 Å². The maximum Gasteiger partial charge on any atom is 0.318 e. The van der Waals surface area contributed by atoms with Crippen molar-refractivity contribution in [3.8, 4) is 0 Å². The Kier molecular flexibility index (Phi) is 6.53. The molecule has 0 N–H and O–H groups in total. The summed E-state index contributed by atoms with van der Waals surface area (Å²) >= 11 is 0. The molecule has 0 radical (unpaired) electrons. The van der Waals surface area contributed by atoms with Gasteiger partial charge >= 0.3 is 18.0 Å². The highest BCUT2D eigenvalue weighted by Gasteiger charge is 2.71. The molecule has 0 heterocycles. The number of hydrogen-bond donors (Lipinski definition) is 0. The molecule has 4 rings (SSSR count). The van der Waals surface area contributed by atoms with Crippen LogP contribution in [0.2, 0.25) is 0 Å². The molecule has 0 aromatic rings. The Labute approximate surface area is 214 Å². The Hall–Kier alpha value is -1.79. The molecular weight excluding hydrogens is 463 g/mol. The number of esters is 2. The van der Waals surface area contributed by atoms with Gasteiger partial charge in [-0.2, -0.15) is 4.39 Å². The molecular formula is C29H43FO6. The lowest BCUT2D eigenvalue weighted by Gasteiger charge is -2.71. The lowest BCUT2D eigenvalue weighted by atomic mass is 9.33. The summed E-state index contributed by atoms with van der Waals surface area (Å²) in [5.41, 5.74) is -2.50. The van der Waals surface area contributed by atoms with Gasteiger partial charge < -0.3 is 9.47 Å². The van der Waals surface area contributed by atoms with Crippen molar-refractivity contribution in [2.24, 2.45) is 44.8 Å². The van der Waals surface area contributed by atoms with Crippen LogP contribution in [-0.4, -0.2) is 36.5 Å². The van der Waals surface area contributed by atoms with Gasteiger partial charge in [0.1, 0.15) is 12.7 Å². The zero-order chi connectivity index (χ0) is 26.9. The van der Waals surface area contributed by atoms with Gasteiger partial charge in [0.05, 0.1) is 0 Å². The van der Waals surface area contributed by atoms with Crippen LogP contribution in [0.25, 0.3) is 0 Å². The van der Waals surface area contributed by atoms with E-state index in [1.807, 2.05) is 0 Å². The average molecular weight is 507 g/mol. The number of hydrogen-bond acceptors (Lipinski definition) is 6. The minimum absolute atomic E-state index is 0.0341. The number of rotatable bonds is 4. The van der Waals surface area contributed by atoms with Crippen LogP contribution >= 0.6 is 0 Å². The van der Waals surface area contributed by atoms with Crippen LogP contribution in [0.15, 0.2) is 0 Å². The molecule has 0 aliphatic heterocycles. The standard InChI is InChI=1S/C29H43FO6/c1-17(31)35-16-29(24(30)34)15-14-27(6)19(23(29)33)8-9-21-26(5)12-11-22(36-18(2)32)25(3,4)20(26)10-13-28(21,27)7/h19-22H,8-16H2,1-7H3/t19?,20?,21?,22-,26-,27+,28+,29-/m0/s1. The number of carbonyl (C=O) groups is 4. The van der Waals surface area contributed by atoms with Gasteiger partial charge in [-0.1, -0.05) is 34.6 Å². The van der Waals surface area contributed by atoms with Gasteiger partial charge in [-0.05, 0) is 79.4 Å². The number of fused-ring (bicyclic) bond motifs is 5. The highest BCUT2D eigenvalue weighted by Crippen LogP contribution is 2.74. The van der Waals surface area contributed by atoms with Crippen LogP contribution < -0.4 is 0 Å². The molecule has 7 heteroatoms.